The number of hydrogen-bond donors (Lipinski definition) is 1. The van der Waals surface area contributed by atoms with Crippen LogP contribution in [0.2, 0.25) is 0 Å². The molecule has 1 aliphatic heterocycles. The van der Waals surface area contributed by atoms with Crippen molar-refractivity contribution in [2.75, 3.05) is 0 Å². The van der Waals surface area contributed by atoms with Crippen LogP contribution in [0.15, 0.2) is 24.5 Å². The van der Waals surface area contributed by atoms with E-state index in [1.807, 2.05) is 19.1 Å². The number of nitrogens with one attached hydrogen (secondary N) is 1. The average Bonchev–Trinajstić information content (AvgIpc) is 2.84. The van der Waals surface area contributed by atoms with E-state index in [0.29, 0.717) is 0 Å². The van der Waals surface area contributed by atoms with Crippen molar-refractivity contribution in [2.45, 2.75) is 57.2 Å². The Kier molecular flexibility index (Phi) is 4.57. The summed E-state index contributed by atoms with van der Waals surface area (Å²) in [5.74, 6) is 0. The van der Waals surface area contributed by atoms with E-state index in [-0.39, 0.29) is 29.4 Å². The summed E-state index contributed by atoms with van der Waals surface area (Å²) in [6, 6.07) is 3.79. The van der Waals surface area contributed by atoms with Crippen molar-refractivity contribution in [1.29, 1.82) is 0 Å². The molecule has 0 radical (unpaired) electrons. The van der Waals surface area contributed by atoms with Crippen LogP contribution in [0.25, 0.3) is 0 Å². The van der Waals surface area contributed by atoms with Gasteiger partial charge in [-0.25, -0.2) is 9.69 Å². The Balaban J connectivity index is 1.68. The molecular formula is C16H21N3O2S. The quantitative estimate of drug-likeness (QED) is 0.851. The van der Waals surface area contributed by atoms with Crippen LogP contribution in [0, 0.1) is 0 Å². The highest BCUT2D eigenvalue weighted by atomic mass is 32.1. The zero-order valence-corrected chi connectivity index (χ0v) is 13.5. The summed E-state index contributed by atoms with van der Waals surface area (Å²) < 4.78 is 5.75. The van der Waals surface area contributed by atoms with Gasteiger partial charge in [-0.05, 0) is 49.7 Å². The molecule has 5 nitrogen and oxygen atoms in total. The van der Waals surface area contributed by atoms with Crippen LogP contribution < -0.4 is 5.32 Å². The monoisotopic (exact) mass is 319 g/mol. The molecule has 1 aromatic rings. The lowest BCUT2D eigenvalue weighted by Crippen LogP contribution is -2.48. The van der Waals surface area contributed by atoms with Gasteiger partial charge in [0.15, 0.2) is 0 Å². The molecule has 22 heavy (non-hydrogen) atoms. The van der Waals surface area contributed by atoms with Gasteiger partial charge < -0.3 is 10.1 Å². The summed E-state index contributed by atoms with van der Waals surface area (Å²) in [5, 5.41) is 3.35. The second kappa shape index (κ2) is 6.60. The summed E-state index contributed by atoms with van der Waals surface area (Å²) >= 11 is 5.27. The molecule has 0 spiro atoms. The van der Waals surface area contributed by atoms with Gasteiger partial charge in [-0.3, -0.25) is 4.98 Å². The number of carbonyl (C=O) groups excluding carboxylic acids is 1. The molecule has 2 aliphatic rings. The highest BCUT2D eigenvalue weighted by Crippen LogP contribution is 2.32. The molecule has 0 bridgehead atoms. The van der Waals surface area contributed by atoms with Crippen LogP contribution in [0.4, 0.5) is 4.79 Å². The highest BCUT2D eigenvalue weighted by molar-refractivity contribution is 7.80. The molecule has 2 fully saturated rings. The van der Waals surface area contributed by atoms with Crippen LogP contribution >= 0.6 is 12.2 Å². The third kappa shape index (κ3) is 3.06. The topological polar surface area (TPSA) is 54.5 Å². The van der Waals surface area contributed by atoms with Gasteiger partial charge in [0.25, 0.3) is 5.17 Å². The molecule has 0 unspecified atom stereocenters. The first-order valence-electron chi connectivity index (χ1n) is 7.87. The van der Waals surface area contributed by atoms with Crippen molar-refractivity contribution in [2.24, 2.45) is 0 Å². The Morgan fingerprint density at radius 2 is 2.00 bits per heavy atom. The maximum atomic E-state index is 12.5. The van der Waals surface area contributed by atoms with E-state index < -0.39 is 0 Å². The van der Waals surface area contributed by atoms with E-state index in [0.717, 1.165) is 18.4 Å². The predicted octanol–water partition coefficient (Wildman–Crippen LogP) is 3.17. The fraction of sp³-hybridized carbons (Fsp3) is 0.562. The van der Waals surface area contributed by atoms with Crippen LogP contribution in [0.1, 0.15) is 50.7 Å². The minimum Gasteiger partial charge on any atom is -0.460 e. The Hall–Kier alpha value is -1.69. The molecule has 2 atom stereocenters. The molecule has 3 rings (SSSR count). The first kappa shape index (κ1) is 15.2. The standard InChI is InChI=1S/C16H21N3O2S/c1-11-14(12-7-9-17-10-8-12)21-16(22)19(11)15(20)18-13-5-3-2-4-6-13/h7-11,13-14H,2-6H2,1H3,(H,18,20)/t11-,14-/m1/s1. The van der Waals surface area contributed by atoms with E-state index in [1.165, 1.54) is 19.3 Å². The van der Waals surface area contributed by atoms with Crippen LogP contribution in [-0.4, -0.2) is 33.2 Å². The molecule has 1 aliphatic carbocycles. The molecule has 1 N–H and O–H groups in total. The maximum absolute atomic E-state index is 12.5. The zero-order chi connectivity index (χ0) is 15.5. The van der Waals surface area contributed by atoms with Crippen molar-refractivity contribution < 1.29 is 9.53 Å². The van der Waals surface area contributed by atoms with Crippen molar-refractivity contribution in [1.82, 2.24) is 15.2 Å². The molecule has 118 valence electrons. The molecule has 1 saturated carbocycles. The highest BCUT2D eigenvalue weighted by Gasteiger charge is 2.41. The molecule has 2 amide bonds. The van der Waals surface area contributed by atoms with E-state index in [4.69, 9.17) is 17.0 Å². The van der Waals surface area contributed by atoms with Gasteiger partial charge in [0.1, 0.15) is 6.10 Å². The zero-order valence-electron chi connectivity index (χ0n) is 12.7. The number of nitrogens with zero attached hydrogens (tertiary/aromatic N) is 2. The van der Waals surface area contributed by atoms with Crippen molar-refractivity contribution in [3.05, 3.63) is 30.1 Å². The summed E-state index contributed by atoms with van der Waals surface area (Å²) in [5.41, 5.74) is 0.984. The summed E-state index contributed by atoms with van der Waals surface area (Å²) in [4.78, 5) is 18.1. The Morgan fingerprint density at radius 3 is 2.68 bits per heavy atom. The summed E-state index contributed by atoms with van der Waals surface area (Å²) in [7, 11) is 0. The van der Waals surface area contributed by atoms with Gasteiger partial charge in [-0.2, -0.15) is 0 Å². The van der Waals surface area contributed by atoms with E-state index in [2.05, 4.69) is 10.3 Å². The number of carbonyl (C=O) groups is 1. The smallest absolute Gasteiger partial charge is 0.325 e. The number of pyridine rings is 1. The van der Waals surface area contributed by atoms with E-state index >= 15 is 0 Å². The van der Waals surface area contributed by atoms with Gasteiger partial charge in [-0.1, -0.05) is 19.3 Å². The van der Waals surface area contributed by atoms with Crippen LogP contribution in [0.5, 0.6) is 0 Å². The second-order valence-electron chi connectivity index (χ2n) is 5.98. The molecule has 1 aromatic heterocycles. The maximum Gasteiger partial charge on any atom is 0.325 e. The number of rotatable bonds is 2. The minimum atomic E-state index is -0.229. The Bertz CT molecular complexity index is 546. The van der Waals surface area contributed by atoms with E-state index in [1.54, 1.807) is 17.3 Å². The molecule has 1 saturated heterocycles. The fourth-order valence-electron chi connectivity index (χ4n) is 3.22. The molecular weight excluding hydrogens is 298 g/mol. The Morgan fingerprint density at radius 1 is 1.32 bits per heavy atom. The van der Waals surface area contributed by atoms with Gasteiger partial charge in [0.05, 0.1) is 6.04 Å². The SMILES string of the molecule is C[C@@H]1[C@H](c2ccncc2)OC(=S)N1C(=O)NC1CCCCC1. The summed E-state index contributed by atoms with van der Waals surface area (Å²) in [6.45, 7) is 1.96. The largest absolute Gasteiger partial charge is 0.460 e. The van der Waals surface area contributed by atoms with Crippen LogP contribution in [-0.2, 0) is 4.74 Å². The second-order valence-corrected chi connectivity index (χ2v) is 6.33. The molecule has 6 heteroatoms. The third-order valence-corrected chi connectivity index (χ3v) is 4.75. The number of thiocarbonyl (C=S) groups is 1. The lowest BCUT2D eigenvalue weighted by Gasteiger charge is -2.27. The molecule has 2 heterocycles. The first-order valence-corrected chi connectivity index (χ1v) is 8.28. The first-order chi connectivity index (χ1) is 10.7. The van der Waals surface area contributed by atoms with E-state index in [9.17, 15) is 4.79 Å². The van der Waals surface area contributed by atoms with Crippen molar-refractivity contribution >= 4 is 23.4 Å². The van der Waals surface area contributed by atoms with Crippen LogP contribution in [0.3, 0.4) is 0 Å². The third-order valence-electron chi connectivity index (χ3n) is 4.46. The lowest BCUT2D eigenvalue weighted by molar-refractivity contribution is 0.188. The van der Waals surface area contributed by atoms with Gasteiger partial charge in [0, 0.05) is 18.4 Å². The Labute approximate surface area is 136 Å². The molecule has 0 aromatic carbocycles. The number of ether oxygens (including phenoxy) is 1. The normalized spacial score (nSPS) is 25.9. The van der Waals surface area contributed by atoms with Crippen molar-refractivity contribution in [3.63, 3.8) is 0 Å². The number of aromatic nitrogens is 1. The predicted molar refractivity (Wildman–Crippen MR) is 87.4 cm³/mol. The van der Waals surface area contributed by atoms with Crippen molar-refractivity contribution in [3.8, 4) is 0 Å². The van der Waals surface area contributed by atoms with Gasteiger partial charge in [-0.15, -0.1) is 0 Å². The van der Waals surface area contributed by atoms with Gasteiger partial charge >= 0.3 is 6.03 Å². The lowest BCUT2D eigenvalue weighted by atomic mass is 9.96. The number of urea groups is 1. The average molecular weight is 319 g/mol. The summed E-state index contributed by atoms with van der Waals surface area (Å²) in [6.07, 6.45) is 8.94. The number of hydrogen-bond acceptors (Lipinski definition) is 4. The van der Waals surface area contributed by atoms with Gasteiger partial charge in [0.2, 0.25) is 0 Å². The minimum absolute atomic E-state index is 0.126. The number of amides is 2. The fourth-order valence-corrected chi connectivity index (χ4v) is 3.58.